The number of halogens is 2. The highest BCUT2D eigenvalue weighted by Crippen LogP contribution is 2.27. The summed E-state index contributed by atoms with van der Waals surface area (Å²) < 4.78 is 4.92. The van der Waals surface area contributed by atoms with E-state index in [0.29, 0.717) is 15.6 Å². The Morgan fingerprint density at radius 3 is 2.76 bits per heavy atom. The van der Waals surface area contributed by atoms with Gasteiger partial charge in [0.15, 0.2) is 5.82 Å². The Morgan fingerprint density at radius 1 is 1.35 bits per heavy atom. The second kappa shape index (κ2) is 4.73. The molecule has 2 rings (SSSR count). The Balaban J connectivity index is 2.30. The Morgan fingerprint density at radius 2 is 2.12 bits per heavy atom. The van der Waals surface area contributed by atoms with Crippen molar-refractivity contribution in [3.63, 3.8) is 0 Å². The number of rotatable bonds is 3. The molecule has 0 saturated carbocycles. The Bertz CT molecular complexity index is 568. The molecule has 0 amide bonds. The summed E-state index contributed by atoms with van der Waals surface area (Å²) in [6.07, 6.45) is -0.287. The van der Waals surface area contributed by atoms with E-state index in [1.165, 1.54) is 0 Å². The van der Waals surface area contributed by atoms with E-state index < -0.39 is 5.97 Å². The summed E-state index contributed by atoms with van der Waals surface area (Å²) in [6.45, 7) is 0. The number of aliphatic carboxylic acids is 1. The van der Waals surface area contributed by atoms with Gasteiger partial charge in [0, 0.05) is 5.56 Å². The number of carboxylic acids is 1. The second-order valence-electron chi connectivity index (χ2n) is 3.22. The van der Waals surface area contributed by atoms with Crippen LogP contribution in [0.15, 0.2) is 22.7 Å². The summed E-state index contributed by atoms with van der Waals surface area (Å²) in [5, 5.41) is 12.9. The van der Waals surface area contributed by atoms with Crippen LogP contribution < -0.4 is 0 Å². The molecule has 0 aliphatic heterocycles. The Hall–Kier alpha value is -1.59. The zero-order valence-corrected chi connectivity index (χ0v) is 9.87. The molecule has 0 radical (unpaired) electrons. The van der Waals surface area contributed by atoms with Crippen molar-refractivity contribution in [2.45, 2.75) is 6.42 Å². The lowest BCUT2D eigenvalue weighted by Crippen LogP contribution is -2.01. The van der Waals surface area contributed by atoms with Gasteiger partial charge < -0.3 is 9.63 Å². The number of carboxylic acid groups (broad SMARTS) is 1. The summed E-state index contributed by atoms with van der Waals surface area (Å²) >= 11 is 11.6. The molecule has 1 aromatic heterocycles. The van der Waals surface area contributed by atoms with Crippen molar-refractivity contribution in [3.8, 4) is 11.5 Å². The molecule has 17 heavy (non-hydrogen) atoms. The Kier molecular flexibility index (Phi) is 3.31. The monoisotopic (exact) mass is 272 g/mol. The summed E-state index contributed by atoms with van der Waals surface area (Å²) in [5.41, 5.74) is 0.587. The summed E-state index contributed by atoms with van der Waals surface area (Å²) in [5.74, 6) is -0.704. The molecule has 1 N–H and O–H groups in total. The van der Waals surface area contributed by atoms with Gasteiger partial charge in [0.2, 0.25) is 0 Å². The van der Waals surface area contributed by atoms with Crippen molar-refractivity contribution < 1.29 is 14.4 Å². The maximum Gasteiger partial charge on any atom is 0.311 e. The number of benzene rings is 1. The molecule has 0 spiro atoms. The number of aromatic nitrogens is 2. The van der Waals surface area contributed by atoms with Crippen LogP contribution in [0.25, 0.3) is 11.5 Å². The number of nitrogens with zero attached hydrogens (tertiary/aromatic N) is 2. The average molecular weight is 273 g/mol. The quantitative estimate of drug-likeness (QED) is 0.930. The highest BCUT2D eigenvalue weighted by molar-refractivity contribution is 6.42. The highest BCUT2D eigenvalue weighted by Gasteiger charge is 2.12. The van der Waals surface area contributed by atoms with Crippen molar-refractivity contribution in [1.29, 1.82) is 0 Å². The summed E-state index contributed by atoms with van der Waals surface area (Å²) in [6, 6.07) is 4.83. The molecule has 0 fully saturated rings. The molecule has 0 saturated heterocycles. The van der Waals surface area contributed by atoms with Crippen molar-refractivity contribution in [1.82, 2.24) is 10.1 Å². The molecule has 1 aromatic carbocycles. The lowest BCUT2D eigenvalue weighted by atomic mass is 10.2. The van der Waals surface area contributed by atoms with Crippen LogP contribution in [-0.4, -0.2) is 21.2 Å². The Labute approximate surface area is 106 Å². The van der Waals surface area contributed by atoms with E-state index in [9.17, 15) is 4.79 Å². The highest BCUT2D eigenvalue weighted by atomic mass is 35.5. The first-order valence-electron chi connectivity index (χ1n) is 4.56. The first-order chi connectivity index (χ1) is 8.06. The van der Waals surface area contributed by atoms with Gasteiger partial charge in [-0.3, -0.25) is 4.79 Å². The van der Waals surface area contributed by atoms with E-state index in [4.69, 9.17) is 32.8 Å². The fourth-order valence-electron chi connectivity index (χ4n) is 1.21. The van der Waals surface area contributed by atoms with Crippen LogP contribution in [0.4, 0.5) is 0 Å². The normalized spacial score (nSPS) is 10.5. The molecule has 7 heteroatoms. The van der Waals surface area contributed by atoms with Crippen molar-refractivity contribution >= 4 is 29.2 Å². The molecule has 0 unspecified atom stereocenters. The third-order valence-corrected chi connectivity index (χ3v) is 2.68. The third-order valence-electron chi connectivity index (χ3n) is 1.94. The minimum Gasteiger partial charge on any atom is -0.481 e. The van der Waals surface area contributed by atoms with Gasteiger partial charge >= 0.3 is 5.97 Å². The molecule has 1 heterocycles. The smallest absolute Gasteiger partial charge is 0.311 e. The van der Waals surface area contributed by atoms with E-state index in [0.717, 1.165) is 0 Å². The first kappa shape index (κ1) is 11.9. The number of carbonyl (C=O) groups is 1. The lowest BCUT2D eigenvalue weighted by molar-refractivity contribution is -0.136. The van der Waals surface area contributed by atoms with Crippen LogP contribution in [-0.2, 0) is 11.2 Å². The summed E-state index contributed by atoms with van der Waals surface area (Å²) in [7, 11) is 0. The molecule has 0 aliphatic carbocycles. The molecule has 0 bridgehead atoms. The van der Waals surface area contributed by atoms with Crippen LogP contribution in [0.1, 0.15) is 5.82 Å². The maximum absolute atomic E-state index is 10.5. The zero-order valence-electron chi connectivity index (χ0n) is 8.35. The van der Waals surface area contributed by atoms with Crippen LogP contribution in [0, 0.1) is 0 Å². The lowest BCUT2D eigenvalue weighted by Gasteiger charge is -1.97. The van der Waals surface area contributed by atoms with Crippen LogP contribution in [0.5, 0.6) is 0 Å². The molecule has 0 aliphatic rings. The molecule has 2 aromatic rings. The number of hydrogen-bond donors (Lipinski definition) is 1. The van der Waals surface area contributed by atoms with Crippen LogP contribution in [0.2, 0.25) is 10.0 Å². The van der Waals surface area contributed by atoms with Gasteiger partial charge in [-0.1, -0.05) is 28.4 Å². The van der Waals surface area contributed by atoms with Crippen molar-refractivity contribution in [3.05, 3.63) is 34.1 Å². The topological polar surface area (TPSA) is 76.2 Å². The van der Waals surface area contributed by atoms with Crippen molar-refractivity contribution in [2.75, 3.05) is 0 Å². The SMILES string of the molecule is O=C(O)Cc1noc(-c2ccc(Cl)c(Cl)c2)n1. The third kappa shape index (κ3) is 2.75. The van der Waals surface area contributed by atoms with Gasteiger partial charge in [-0.05, 0) is 18.2 Å². The molecular formula is C10H6Cl2N2O3. The minimum absolute atomic E-state index is 0.110. The molecule has 0 atom stereocenters. The van der Waals surface area contributed by atoms with Gasteiger partial charge in [0.1, 0.15) is 6.42 Å². The van der Waals surface area contributed by atoms with E-state index in [-0.39, 0.29) is 18.1 Å². The zero-order chi connectivity index (χ0) is 12.4. The predicted molar refractivity (Wildman–Crippen MR) is 61.1 cm³/mol. The van der Waals surface area contributed by atoms with E-state index in [2.05, 4.69) is 10.1 Å². The van der Waals surface area contributed by atoms with E-state index in [1.807, 2.05) is 0 Å². The average Bonchev–Trinajstić information content (AvgIpc) is 2.69. The number of hydrogen-bond acceptors (Lipinski definition) is 4. The predicted octanol–water partition coefficient (Wildman–Crippen LogP) is 2.67. The van der Waals surface area contributed by atoms with Crippen LogP contribution in [0.3, 0.4) is 0 Å². The van der Waals surface area contributed by atoms with Gasteiger partial charge in [0.05, 0.1) is 10.0 Å². The van der Waals surface area contributed by atoms with Gasteiger partial charge in [-0.2, -0.15) is 4.98 Å². The van der Waals surface area contributed by atoms with Gasteiger partial charge in [0.25, 0.3) is 5.89 Å². The maximum atomic E-state index is 10.5. The van der Waals surface area contributed by atoms with Crippen molar-refractivity contribution in [2.24, 2.45) is 0 Å². The fraction of sp³-hybridized carbons (Fsp3) is 0.100. The summed E-state index contributed by atoms with van der Waals surface area (Å²) in [4.78, 5) is 14.4. The van der Waals surface area contributed by atoms with Crippen LogP contribution >= 0.6 is 23.2 Å². The van der Waals surface area contributed by atoms with Gasteiger partial charge in [-0.25, -0.2) is 0 Å². The first-order valence-corrected chi connectivity index (χ1v) is 5.31. The fourth-order valence-corrected chi connectivity index (χ4v) is 1.51. The van der Waals surface area contributed by atoms with E-state index in [1.54, 1.807) is 18.2 Å². The molecular weight excluding hydrogens is 267 g/mol. The second-order valence-corrected chi connectivity index (χ2v) is 4.03. The standard InChI is InChI=1S/C10H6Cl2N2O3/c11-6-2-1-5(3-7(6)12)10-13-8(14-17-10)4-9(15)16/h1-3H,4H2,(H,15,16). The largest absolute Gasteiger partial charge is 0.481 e. The minimum atomic E-state index is -1.02. The van der Waals surface area contributed by atoms with E-state index >= 15 is 0 Å². The molecule has 5 nitrogen and oxygen atoms in total. The molecule has 88 valence electrons. The van der Waals surface area contributed by atoms with Gasteiger partial charge in [-0.15, -0.1) is 0 Å².